The predicted molar refractivity (Wildman–Crippen MR) is 119 cm³/mol. The summed E-state index contributed by atoms with van der Waals surface area (Å²) < 4.78 is 0. The van der Waals surface area contributed by atoms with Gasteiger partial charge in [-0.05, 0) is 73.0 Å². The molecule has 2 heterocycles. The number of rotatable bonds is 4. The molecule has 2 aromatic carbocycles. The van der Waals surface area contributed by atoms with Crippen LogP contribution in [0.2, 0.25) is 0 Å². The van der Waals surface area contributed by atoms with E-state index in [1.165, 1.54) is 4.88 Å². The molecule has 1 aliphatic heterocycles. The molecule has 1 aliphatic rings. The highest BCUT2D eigenvalue weighted by atomic mass is 32.1. The first-order valence-electron chi connectivity index (χ1n) is 9.94. The van der Waals surface area contributed by atoms with Gasteiger partial charge in [0.25, 0.3) is 5.91 Å². The van der Waals surface area contributed by atoms with Gasteiger partial charge in [0.2, 0.25) is 5.91 Å². The Balaban J connectivity index is 1.43. The van der Waals surface area contributed by atoms with E-state index >= 15 is 0 Å². The number of aryl methyl sites for hydroxylation is 2. The Morgan fingerprint density at radius 2 is 1.83 bits per heavy atom. The predicted octanol–water partition coefficient (Wildman–Crippen LogP) is 5.22. The van der Waals surface area contributed by atoms with Crippen LogP contribution >= 0.6 is 11.3 Å². The van der Waals surface area contributed by atoms with E-state index in [9.17, 15) is 9.59 Å². The molecule has 0 bridgehead atoms. The minimum Gasteiger partial charge on any atom is -0.326 e. The zero-order valence-corrected chi connectivity index (χ0v) is 17.3. The molecule has 1 aromatic heterocycles. The van der Waals surface area contributed by atoms with E-state index in [4.69, 9.17) is 0 Å². The van der Waals surface area contributed by atoms with Gasteiger partial charge in [0.15, 0.2) is 0 Å². The van der Waals surface area contributed by atoms with Crippen LogP contribution in [0.1, 0.15) is 39.2 Å². The number of amides is 2. The van der Waals surface area contributed by atoms with E-state index in [2.05, 4.69) is 10.7 Å². The normalized spacial score (nSPS) is 13.5. The lowest BCUT2D eigenvalue weighted by Gasteiger charge is -2.21. The molecule has 5 heteroatoms. The number of anilines is 2. The molecule has 0 fully saturated rings. The van der Waals surface area contributed by atoms with Crippen molar-refractivity contribution in [2.45, 2.75) is 32.6 Å². The maximum atomic E-state index is 13.1. The summed E-state index contributed by atoms with van der Waals surface area (Å²) in [4.78, 5) is 28.6. The summed E-state index contributed by atoms with van der Waals surface area (Å²) in [5.41, 5.74) is 4.51. The number of nitrogens with zero attached hydrogens (tertiary/aromatic N) is 1. The van der Waals surface area contributed by atoms with Gasteiger partial charge in [-0.15, -0.1) is 11.3 Å². The fourth-order valence-electron chi connectivity index (χ4n) is 3.69. The van der Waals surface area contributed by atoms with Gasteiger partial charge in [-0.2, -0.15) is 0 Å². The van der Waals surface area contributed by atoms with Crippen LogP contribution in [-0.4, -0.2) is 18.4 Å². The maximum absolute atomic E-state index is 13.1. The number of fused-ring (bicyclic) bond motifs is 1. The van der Waals surface area contributed by atoms with Crippen molar-refractivity contribution in [1.29, 1.82) is 0 Å². The molecule has 29 heavy (non-hydrogen) atoms. The minimum absolute atomic E-state index is 0.0179. The number of hydrogen-bond acceptors (Lipinski definition) is 3. The molecule has 0 radical (unpaired) electrons. The van der Waals surface area contributed by atoms with Gasteiger partial charge in [-0.25, -0.2) is 0 Å². The molecule has 0 aliphatic carbocycles. The molecule has 4 rings (SSSR count). The molecule has 0 atom stereocenters. The van der Waals surface area contributed by atoms with Crippen LogP contribution in [0.4, 0.5) is 11.4 Å². The molecule has 0 spiro atoms. The lowest BCUT2D eigenvalue weighted by molar-refractivity contribution is -0.115. The molecule has 4 nitrogen and oxygen atoms in total. The highest BCUT2D eigenvalue weighted by molar-refractivity contribution is 7.10. The van der Waals surface area contributed by atoms with Crippen molar-refractivity contribution in [2.75, 3.05) is 16.8 Å². The number of benzene rings is 2. The van der Waals surface area contributed by atoms with Crippen molar-refractivity contribution in [3.05, 3.63) is 81.5 Å². The van der Waals surface area contributed by atoms with Crippen molar-refractivity contribution in [2.24, 2.45) is 0 Å². The van der Waals surface area contributed by atoms with E-state index in [0.717, 1.165) is 42.6 Å². The summed E-state index contributed by atoms with van der Waals surface area (Å²) >= 11 is 1.72. The molecule has 148 valence electrons. The Labute approximate surface area is 175 Å². The van der Waals surface area contributed by atoms with Crippen molar-refractivity contribution in [1.82, 2.24) is 0 Å². The quantitative estimate of drug-likeness (QED) is 0.648. The third-order valence-corrected chi connectivity index (χ3v) is 6.29. The largest absolute Gasteiger partial charge is 0.326 e. The first kappa shape index (κ1) is 19.4. The van der Waals surface area contributed by atoms with Crippen LogP contribution in [0.25, 0.3) is 0 Å². The first-order chi connectivity index (χ1) is 14.1. The van der Waals surface area contributed by atoms with Gasteiger partial charge < -0.3 is 10.2 Å². The average Bonchev–Trinajstić information content (AvgIpc) is 3.09. The summed E-state index contributed by atoms with van der Waals surface area (Å²) in [5.74, 6) is -0.0434. The highest BCUT2D eigenvalue weighted by Crippen LogP contribution is 2.32. The van der Waals surface area contributed by atoms with Crippen LogP contribution in [0, 0.1) is 6.92 Å². The Bertz CT molecular complexity index is 1020. The van der Waals surface area contributed by atoms with Crippen molar-refractivity contribution < 1.29 is 9.59 Å². The van der Waals surface area contributed by atoms with Crippen molar-refractivity contribution in [3.63, 3.8) is 0 Å². The number of thiophene rings is 1. The Morgan fingerprint density at radius 1 is 1.03 bits per heavy atom. The van der Waals surface area contributed by atoms with E-state index in [0.29, 0.717) is 17.7 Å². The maximum Gasteiger partial charge on any atom is 0.258 e. The molecule has 2 amide bonds. The van der Waals surface area contributed by atoms with Crippen molar-refractivity contribution in [3.8, 4) is 0 Å². The third-order valence-electron chi connectivity index (χ3n) is 5.32. The van der Waals surface area contributed by atoms with Crippen LogP contribution in [0.15, 0.2) is 60.0 Å². The second kappa shape index (κ2) is 8.62. The second-order valence-electron chi connectivity index (χ2n) is 7.37. The number of carbonyl (C=O) groups excluding carboxylic acids is 2. The molecule has 0 saturated carbocycles. The van der Waals surface area contributed by atoms with E-state index in [1.807, 2.05) is 42.2 Å². The zero-order chi connectivity index (χ0) is 20.2. The Hall–Kier alpha value is -2.92. The van der Waals surface area contributed by atoms with Crippen LogP contribution in [-0.2, 0) is 17.6 Å². The second-order valence-corrected chi connectivity index (χ2v) is 8.37. The number of nitrogens with one attached hydrogen (secondary N) is 1. The fraction of sp³-hybridized carbons (Fsp3) is 0.250. The standard InChI is InChI=1S/C24H24N2O2S/c1-17-6-2-3-7-19(17)16-23(27)25-20-11-9-18(10-12-20)24(28)26-14-5-4-8-22-21(26)13-15-29-22/h2-3,6-7,9-13,15H,4-5,8,14,16H2,1H3,(H,25,27). The number of hydrogen-bond donors (Lipinski definition) is 1. The molecular formula is C24H24N2O2S. The summed E-state index contributed by atoms with van der Waals surface area (Å²) in [6, 6.07) is 17.1. The number of carbonyl (C=O) groups is 2. The third kappa shape index (κ3) is 4.40. The Morgan fingerprint density at radius 3 is 2.62 bits per heavy atom. The van der Waals surface area contributed by atoms with Crippen LogP contribution in [0.3, 0.4) is 0 Å². The van der Waals surface area contributed by atoms with Crippen LogP contribution in [0.5, 0.6) is 0 Å². The van der Waals surface area contributed by atoms with E-state index in [1.54, 1.807) is 35.6 Å². The van der Waals surface area contributed by atoms with E-state index in [-0.39, 0.29) is 11.8 Å². The van der Waals surface area contributed by atoms with Gasteiger partial charge in [-0.3, -0.25) is 9.59 Å². The fourth-order valence-corrected chi connectivity index (χ4v) is 4.61. The molecule has 0 unspecified atom stereocenters. The monoisotopic (exact) mass is 404 g/mol. The summed E-state index contributed by atoms with van der Waals surface area (Å²) in [5, 5.41) is 4.98. The summed E-state index contributed by atoms with van der Waals surface area (Å²) in [7, 11) is 0. The molecule has 3 aromatic rings. The van der Waals surface area contributed by atoms with Crippen LogP contribution < -0.4 is 10.2 Å². The smallest absolute Gasteiger partial charge is 0.258 e. The Kier molecular flexibility index (Phi) is 5.76. The van der Waals surface area contributed by atoms with E-state index < -0.39 is 0 Å². The minimum atomic E-state index is -0.0613. The lowest BCUT2D eigenvalue weighted by Crippen LogP contribution is -2.31. The van der Waals surface area contributed by atoms with Gasteiger partial charge >= 0.3 is 0 Å². The zero-order valence-electron chi connectivity index (χ0n) is 16.5. The molecular weight excluding hydrogens is 380 g/mol. The van der Waals surface area contributed by atoms with Gasteiger partial charge in [-0.1, -0.05) is 24.3 Å². The highest BCUT2D eigenvalue weighted by Gasteiger charge is 2.23. The topological polar surface area (TPSA) is 49.4 Å². The first-order valence-corrected chi connectivity index (χ1v) is 10.8. The van der Waals surface area contributed by atoms with Gasteiger partial charge in [0, 0.05) is 22.7 Å². The SMILES string of the molecule is Cc1ccccc1CC(=O)Nc1ccc(C(=O)N2CCCCc3sccc32)cc1. The molecule has 1 N–H and O–H groups in total. The van der Waals surface area contributed by atoms with Gasteiger partial charge in [0.05, 0.1) is 12.1 Å². The molecule has 0 saturated heterocycles. The summed E-state index contributed by atoms with van der Waals surface area (Å²) in [6.45, 7) is 2.75. The summed E-state index contributed by atoms with van der Waals surface area (Å²) in [6.07, 6.45) is 3.51. The van der Waals surface area contributed by atoms with Crippen molar-refractivity contribution >= 4 is 34.5 Å². The lowest BCUT2D eigenvalue weighted by atomic mass is 10.1. The average molecular weight is 405 g/mol. The van der Waals surface area contributed by atoms with Gasteiger partial charge in [0.1, 0.15) is 0 Å².